The van der Waals surface area contributed by atoms with Gasteiger partial charge >= 0.3 is 0 Å². The first-order valence-corrected chi connectivity index (χ1v) is 8.63. The number of ether oxygens (including phenoxy) is 1. The van der Waals surface area contributed by atoms with Crippen LogP contribution in [0.5, 0.6) is 5.75 Å². The predicted molar refractivity (Wildman–Crippen MR) is 117 cm³/mol. The SMILES string of the molecule is CCNC(=NCc1ccc(C(N)=O)o1)N(C)Cc1ccc(OCC)cc1.I. The Balaban J connectivity index is 0.00000364. The second-order valence-electron chi connectivity index (χ2n) is 5.73. The molecule has 0 saturated heterocycles. The lowest BCUT2D eigenvalue weighted by Gasteiger charge is -2.22. The summed E-state index contributed by atoms with van der Waals surface area (Å²) < 4.78 is 10.8. The van der Waals surface area contributed by atoms with E-state index in [0.29, 0.717) is 25.5 Å². The molecule has 0 spiro atoms. The number of rotatable bonds is 8. The minimum atomic E-state index is -0.584. The molecule has 0 aliphatic rings. The molecule has 1 aromatic heterocycles. The molecule has 2 aromatic rings. The van der Waals surface area contributed by atoms with Crippen molar-refractivity contribution in [1.29, 1.82) is 0 Å². The van der Waals surface area contributed by atoms with E-state index in [9.17, 15) is 4.79 Å². The van der Waals surface area contributed by atoms with Crippen molar-refractivity contribution in [2.75, 3.05) is 20.2 Å². The number of aliphatic imine (C=N–C) groups is 1. The van der Waals surface area contributed by atoms with E-state index in [1.807, 2.05) is 50.1 Å². The van der Waals surface area contributed by atoms with Crippen molar-refractivity contribution in [2.24, 2.45) is 10.7 Å². The highest BCUT2D eigenvalue weighted by atomic mass is 127. The van der Waals surface area contributed by atoms with E-state index in [-0.39, 0.29) is 29.7 Å². The minimum Gasteiger partial charge on any atom is -0.494 e. The van der Waals surface area contributed by atoms with Crippen LogP contribution in [-0.4, -0.2) is 37.0 Å². The van der Waals surface area contributed by atoms with Gasteiger partial charge in [0.25, 0.3) is 5.91 Å². The Morgan fingerprint density at radius 1 is 1.22 bits per heavy atom. The average Bonchev–Trinajstić information content (AvgIpc) is 3.10. The highest BCUT2D eigenvalue weighted by Crippen LogP contribution is 2.14. The standard InChI is InChI=1S/C19H26N4O3.HI/c1-4-21-19(22-12-16-10-11-17(26-16)18(20)24)23(3)13-14-6-8-15(9-7-14)25-5-2;/h6-11H,4-5,12-13H2,1-3H3,(H2,20,24)(H,21,22);1H. The third-order valence-electron chi connectivity index (χ3n) is 3.64. The average molecular weight is 486 g/mol. The zero-order valence-corrected chi connectivity index (χ0v) is 18.2. The van der Waals surface area contributed by atoms with Crippen LogP contribution in [0.25, 0.3) is 0 Å². The van der Waals surface area contributed by atoms with Crippen LogP contribution in [0.3, 0.4) is 0 Å². The van der Waals surface area contributed by atoms with E-state index >= 15 is 0 Å². The van der Waals surface area contributed by atoms with Crippen LogP contribution in [0, 0.1) is 0 Å². The van der Waals surface area contributed by atoms with E-state index in [0.717, 1.165) is 23.8 Å². The highest BCUT2D eigenvalue weighted by molar-refractivity contribution is 14.0. The van der Waals surface area contributed by atoms with Crippen molar-refractivity contribution >= 4 is 35.8 Å². The number of furan rings is 1. The Morgan fingerprint density at radius 3 is 2.48 bits per heavy atom. The monoisotopic (exact) mass is 486 g/mol. The molecule has 27 heavy (non-hydrogen) atoms. The summed E-state index contributed by atoms with van der Waals surface area (Å²) in [6, 6.07) is 11.3. The van der Waals surface area contributed by atoms with E-state index < -0.39 is 5.91 Å². The summed E-state index contributed by atoms with van der Waals surface area (Å²) in [7, 11) is 1.97. The van der Waals surface area contributed by atoms with Crippen molar-refractivity contribution in [2.45, 2.75) is 26.9 Å². The molecule has 1 amide bonds. The molecule has 0 atom stereocenters. The number of amides is 1. The molecule has 1 heterocycles. The maximum Gasteiger partial charge on any atom is 0.284 e. The van der Waals surface area contributed by atoms with Gasteiger partial charge in [0.1, 0.15) is 18.1 Å². The summed E-state index contributed by atoms with van der Waals surface area (Å²) in [6.07, 6.45) is 0. The van der Waals surface area contributed by atoms with Crippen molar-refractivity contribution in [3.63, 3.8) is 0 Å². The smallest absolute Gasteiger partial charge is 0.284 e. The third-order valence-corrected chi connectivity index (χ3v) is 3.64. The molecule has 0 fully saturated rings. The van der Waals surface area contributed by atoms with Gasteiger partial charge < -0.3 is 25.1 Å². The van der Waals surface area contributed by atoms with Crippen LogP contribution in [-0.2, 0) is 13.1 Å². The number of nitrogens with one attached hydrogen (secondary N) is 1. The highest BCUT2D eigenvalue weighted by Gasteiger charge is 2.09. The van der Waals surface area contributed by atoms with E-state index in [1.165, 1.54) is 0 Å². The van der Waals surface area contributed by atoms with Crippen molar-refractivity contribution in [1.82, 2.24) is 10.2 Å². The van der Waals surface area contributed by atoms with Gasteiger partial charge in [-0.3, -0.25) is 4.79 Å². The molecule has 0 saturated carbocycles. The molecule has 148 valence electrons. The molecule has 0 aliphatic carbocycles. The molecule has 0 unspecified atom stereocenters. The van der Waals surface area contributed by atoms with Gasteiger partial charge in [-0.05, 0) is 43.7 Å². The molecular weight excluding hydrogens is 459 g/mol. The number of hydrogen-bond acceptors (Lipinski definition) is 4. The molecular formula is C19H27IN4O3. The zero-order valence-electron chi connectivity index (χ0n) is 15.9. The summed E-state index contributed by atoms with van der Waals surface area (Å²) in [5.74, 6) is 1.76. The summed E-state index contributed by atoms with van der Waals surface area (Å²) in [5, 5.41) is 3.25. The van der Waals surface area contributed by atoms with Gasteiger partial charge in [0, 0.05) is 20.1 Å². The van der Waals surface area contributed by atoms with Crippen molar-refractivity contribution in [3.8, 4) is 5.75 Å². The van der Waals surface area contributed by atoms with E-state index in [2.05, 4.69) is 10.3 Å². The summed E-state index contributed by atoms with van der Waals surface area (Å²) in [6.45, 7) is 6.40. The van der Waals surface area contributed by atoms with E-state index in [1.54, 1.807) is 12.1 Å². The number of nitrogens with two attached hydrogens (primary N) is 1. The number of benzene rings is 1. The van der Waals surface area contributed by atoms with Gasteiger partial charge in [0.2, 0.25) is 0 Å². The zero-order chi connectivity index (χ0) is 18.9. The van der Waals surface area contributed by atoms with Crippen LogP contribution in [0.2, 0.25) is 0 Å². The topological polar surface area (TPSA) is 93.1 Å². The van der Waals surface area contributed by atoms with Crippen LogP contribution in [0.1, 0.15) is 35.7 Å². The fraction of sp³-hybridized carbons (Fsp3) is 0.368. The van der Waals surface area contributed by atoms with Gasteiger partial charge in [-0.2, -0.15) is 0 Å². The maximum atomic E-state index is 11.1. The number of nitrogens with zero attached hydrogens (tertiary/aromatic N) is 2. The van der Waals surface area contributed by atoms with Crippen LogP contribution < -0.4 is 15.8 Å². The quantitative estimate of drug-likeness (QED) is 0.340. The molecule has 1 aromatic carbocycles. The summed E-state index contributed by atoms with van der Waals surface area (Å²) in [5.41, 5.74) is 6.35. The predicted octanol–water partition coefficient (Wildman–Crippen LogP) is 2.99. The molecule has 7 nitrogen and oxygen atoms in total. The van der Waals surface area contributed by atoms with Crippen molar-refractivity contribution < 1.29 is 13.9 Å². The van der Waals surface area contributed by atoms with Gasteiger partial charge in [-0.1, -0.05) is 12.1 Å². The summed E-state index contributed by atoms with van der Waals surface area (Å²) in [4.78, 5) is 17.7. The Labute approximate surface area is 177 Å². The molecule has 3 N–H and O–H groups in total. The molecule has 0 radical (unpaired) electrons. The van der Waals surface area contributed by atoms with Gasteiger partial charge in [-0.25, -0.2) is 4.99 Å². The first-order chi connectivity index (χ1) is 12.5. The number of carbonyl (C=O) groups excluding carboxylic acids is 1. The fourth-order valence-corrected chi connectivity index (χ4v) is 2.42. The largest absolute Gasteiger partial charge is 0.494 e. The normalized spacial score (nSPS) is 10.9. The van der Waals surface area contributed by atoms with E-state index in [4.69, 9.17) is 14.9 Å². The second kappa shape index (κ2) is 11.5. The summed E-state index contributed by atoms with van der Waals surface area (Å²) >= 11 is 0. The number of carbonyl (C=O) groups is 1. The number of hydrogen-bond donors (Lipinski definition) is 2. The second-order valence-corrected chi connectivity index (χ2v) is 5.73. The number of primary amides is 1. The Kier molecular flexibility index (Phi) is 9.70. The molecule has 8 heteroatoms. The number of guanidine groups is 1. The minimum absolute atomic E-state index is 0. The molecule has 0 aliphatic heterocycles. The van der Waals surface area contributed by atoms with Gasteiger partial charge in [0.15, 0.2) is 11.7 Å². The number of halogens is 1. The first kappa shape index (κ1) is 22.8. The van der Waals surface area contributed by atoms with Gasteiger partial charge in [-0.15, -0.1) is 24.0 Å². The lowest BCUT2D eigenvalue weighted by molar-refractivity contribution is 0.0972. The van der Waals surface area contributed by atoms with Crippen LogP contribution in [0.4, 0.5) is 0 Å². The first-order valence-electron chi connectivity index (χ1n) is 8.63. The van der Waals surface area contributed by atoms with Crippen LogP contribution in [0.15, 0.2) is 45.8 Å². The third kappa shape index (κ3) is 7.12. The Bertz CT molecular complexity index is 744. The Hall–Kier alpha value is -2.23. The maximum absolute atomic E-state index is 11.1. The molecule has 0 bridgehead atoms. The lowest BCUT2D eigenvalue weighted by Crippen LogP contribution is -2.38. The van der Waals surface area contributed by atoms with Crippen LogP contribution >= 0.6 is 24.0 Å². The molecule has 2 rings (SSSR count). The lowest BCUT2D eigenvalue weighted by atomic mass is 10.2. The Morgan fingerprint density at radius 2 is 1.93 bits per heavy atom. The fourth-order valence-electron chi connectivity index (χ4n) is 2.42. The van der Waals surface area contributed by atoms with Crippen molar-refractivity contribution in [3.05, 3.63) is 53.5 Å². The van der Waals surface area contributed by atoms with Gasteiger partial charge in [0.05, 0.1) is 6.61 Å².